The Morgan fingerprint density at radius 2 is 1.55 bits per heavy atom. The lowest BCUT2D eigenvalue weighted by Crippen LogP contribution is -2.42. The van der Waals surface area contributed by atoms with Crippen molar-refractivity contribution in [2.75, 3.05) is 26.2 Å². The Morgan fingerprint density at radius 1 is 0.871 bits per heavy atom. The molecule has 166 valence electrons. The zero-order valence-corrected chi connectivity index (χ0v) is 19.0. The number of piperidine rings is 2. The highest BCUT2D eigenvalue weighted by Gasteiger charge is 2.25. The molecule has 2 fully saturated rings. The van der Waals surface area contributed by atoms with Crippen LogP contribution in [-0.4, -0.2) is 41.9 Å². The van der Waals surface area contributed by atoms with Crippen LogP contribution < -0.4 is 5.32 Å². The van der Waals surface area contributed by atoms with Crippen molar-refractivity contribution in [3.8, 4) is 0 Å². The molecule has 4 nitrogen and oxygen atoms in total. The highest BCUT2D eigenvalue weighted by molar-refractivity contribution is 5.79. The number of likely N-dealkylation sites (tertiary alicyclic amines) is 2. The Hall–Kier alpha value is -2.17. The molecule has 0 aromatic heterocycles. The predicted molar refractivity (Wildman–Crippen MR) is 127 cm³/mol. The minimum absolute atomic E-state index is 0.0927. The fraction of sp³-hybridized carbons (Fsp3) is 0.519. The van der Waals surface area contributed by atoms with Gasteiger partial charge in [-0.2, -0.15) is 0 Å². The molecule has 1 amide bonds. The molecule has 2 aliphatic heterocycles. The summed E-state index contributed by atoms with van der Waals surface area (Å²) in [4.78, 5) is 17.9. The molecule has 31 heavy (non-hydrogen) atoms. The monoisotopic (exact) mass is 419 g/mol. The molecule has 2 aromatic rings. The Kier molecular flexibility index (Phi) is 7.76. The van der Waals surface area contributed by atoms with Gasteiger partial charge in [-0.1, -0.05) is 60.5 Å². The highest BCUT2D eigenvalue weighted by atomic mass is 16.1. The number of nitrogens with zero attached hydrogens (tertiary/aromatic N) is 2. The maximum Gasteiger partial charge on any atom is 0.224 e. The van der Waals surface area contributed by atoms with Crippen LogP contribution in [0, 0.1) is 12.8 Å². The number of carbonyl (C=O) groups is 1. The zero-order valence-electron chi connectivity index (χ0n) is 19.0. The molecule has 2 saturated heterocycles. The molecule has 2 aromatic carbocycles. The van der Waals surface area contributed by atoms with Gasteiger partial charge in [-0.3, -0.25) is 14.6 Å². The van der Waals surface area contributed by atoms with Gasteiger partial charge >= 0.3 is 0 Å². The Morgan fingerprint density at radius 3 is 2.35 bits per heavy atom. The van der Waals surface area contributed by atoms with E-state index >= 15 is 0 Å². The first-order valence-electron chi connectivity index (χ1n) is 12.0. The van der Waals surface area contributed by atoms with Crippen LogP contribution in [0.1, 0.15) is 54.4 Å². The second-order valence-electron chi connectivity index (χ2n) is 9.44. The van der Waals surface area contributed by atoms with Crippen molar-refractivity contribution < 1.29 is 4.79 Å². The number of amides is 1. The SMILES string of the molecule is Cc1cccc(CN2CCCC(C(=O)NCc3cccc(CN4CCCCC4)c3)C2)c1. The fourth-order valence-electron chi connectivity index (χ4n) is 5.03. The molecule has 4 rings (SSSR count). The van der Waals surface area contributed by atoms with E-state index < -0.39 is 0 Å². The summed E-state index contributed by atoms with van der Waals surface area (Å²) in [5.41, 5.74) is 5.20. The summed E-state index contributed by atoms with van der Waals surface area (Å²) in [7, 11) is 0. The van der Waals surface area contributed by atoms with Gasteiger partial charge in [0.25, 0.3) is 0 Å². The normalized spacial score (nSPS) is 20.5. The fourth-order valence-corrected chi connectivity index (χ4v) is 5.03. The second kappa shape index (κ2) is 10.9. The quantitative estimate of drug-likeness (QED) is 0.717. The number of nitrogens with one attached hydrogen (secondary N) is 1. The average Bonchev–Trinajstić information content (AvgIpc) is 2.79. The molecule has 0 spiro atoms. The lowest BCUT2D eigenvalue weighted by atomic mass is 9.96. The van der Waals surface area contributed by atoms with Crippen molar-refractivity contribution >= 4 is 5.91 Å². The van der Waals surface area contributed by atoms with Gasteiger partial charge in [0.1, 0.15) is 0 Å². The summed E-state index contributed by atoms with van der Waals surface area (Å²) in [5, 5.41) is 3.21. The molecule has 0 bridgehead atoms. The maximum atomic E-state index is 12.9. The Bertz CT molecular complexity index is 859. The van der Waals surface area contributed by atoms with E-state index in [0.29, 0.717) is 6.54 Å². The summed E-state index contributed by atoms with van der Waals surface area (Å²) in [6, 6.07) is 17.4. The van der Waals surface area contributed by atoms with Gasteiger partial charge in [0.05, 0.1) is 5.92 Å². The van der Waals surface area contributed by atoms with Crippen LogP contribution in [0.3, 0.4) is 0 Å². The molecule has 1 unspecified atom stereocenters. The topological polar surface area (TPSA) is 35.6 Å². The molecule has 0 saturated carbocycles. The third-order valence-corrected chi connectivity index (χ3v) is 6.68. The molecular formula is C27H37N3O. The lowest BCUT2D eigenvalue weighted by Gasteiger charge is -2.32. The van der Waals surface area contributed by atoms with Crippen molar-refractivity contribution in [3.05, 3.63) is 70.8 Å². The molecular weight excluding hydrogens is 382 g/mol. The van der Waals surface area contributed by atoms with Crippen LogP contribution in [-0.2, 0) is 24.4 Å². The van der Waals surface area contributed by atoms with Crippen LogP contribution in [0.5, 0.6) is 0 Å². The standard InChI is InChI=1S/C27H37N3O/c1-22-8-5-10-24(16-22)20-30-15-7-12-26(21-30)27(31)28-18-23-9-6-11-25(17-23)19-29-13-3-2-4-14-29/h5-6,8-11,16-17,26H,2-4,7,12-15,18-21H2,1H3,(H,28,31). The van der Waals surface area contributed by atoms with Crippen molar-refractivity contribution in [2.45, 2.75) is 58.7 Å². The largest absolute Gasteiger partial charge is 0.352 e. The zero-order chi connectivity index (χ0) is 21.5. The van der Waals surface area contributed by atoms with Gasteiger partial charge in [0.2, 0.25) is 5.91 Å². The Balaban J connectivity index is 1.26. The summed E-state index contributed by atoms with van der Waals surface area (Å²) in [6.45, 7) is 9.08. The number of rotatable bonds is 7. The first-order valence-corrected chi connectivity index (χ1v) is 12.0. The number of carbonyl (C=O) groups excluding carboxylic acids is 1. The molecule has 0 radical (unpaired) electrons. The van der Waals surface area contributed by atoms with Crippen molar-refractivity contribution in [1.29, 1.82) is 0 Å². The van der Waals surface area contributed by atoms with Crippen molar-refractivity contribution in [2.24, 2.45) is 5.92 Å². The van der Waals surface area contributed by atoms with E-state index in [1.54, 1.807) is 0 Å². The maximum absolute atomic E-state index is 12.9. The van der Waals surface area contributed by atoms with Crippen LogP contribution in [0.2, 0.25) is 0 Å². The average molecular weight is 420 g/mol. The van der Waals surface area contributed by atoms with E-state index in [2.05, 4.69) is 70.6 Å². The van der Waals surface area contributed by atoms with Crippen LogP contribution in [0.25, 0.3) is 0 Å². The number of hydrogen-bond donors (Lipinski definition) is 1. The van der Waals surface area contributed by atoms with Crippen LogP contribution in [0.15, 0.2) is 48.5 Å². The summed E-state index contributed by atoms with van der Waals surface area (Å²) in [5.74, 6) is 0.297. The number of aryl methyl sites for hydroxylation is 1. The van der Waals surface area contributed by atoms with Gasteiger partial charge < -0.3 is 5.32 Å². The van der Waals surface area contributed by atoms with E-state index in [1.807, 2.05) is 0 Å². The van der Waals surface area contributed by atoms with Crippen LogP contribution in [0.4, 0.5) is 0 Å². The molecule has 1 N–H and O–H groups in total. The van der Waals surface area contributed by atoms with Crippen molar-refractivity contribution in [1.82, 2.24) is 15.1 Å². The summed E-state index contributed by atoms with van der Waals surface area (Å²) < 4.78 is 0. The van der Waals surface area contributed by atoms with E-state index in [-0.39, 0.29) is 11.8 Å². The Labute approximate surface area is 187 Å². The summed E-state index contributed by atoms with van der Waals surface area (Å²) >= 11 is 0. The second-order valence-corrected chi connectivity index (χ2v) is 9.44. The molecule has 2 heterocycles. The molecule has 2 aliphatic rings. The van der Waals surface area contributed by atoms with Gasteiger partial charge in [-0.25, -0.2) is 0 Å². The number of benzene rings is 2. The number of hydrogen-bond acceptors (Lipinski definition) is 3. The van der Waals surface area contributed by atoms with Gasteiger partial charge in [0, 0.05) is 26.2 Å². The van der Waals surface area contributed by atoms with E-state index in [0.717, 1.165) is 39.0 Å². The van der Waals surface area contributed by atoms with Gasteiger partial charge in [0.15, 0.2) is 0 Å². The van der Waals surface area contributed by atoms with E-state index in [4.69, 9.17) is 0 Å². The first kappa shape index (κ1) is 22.0. The highest BCUT2D eigenvalue weighted by Crippen LogP contribution is 2.20. The minimum Gasteiger partial charge on any atom is -0.352 e. The molecule has 0 aliphatic carbocycles. The lowest BCUT2D eigenvalue weighted by molar-refractivity contribution is -0.126. The van der Waals surface area contributed by atoms with E-state index in [9.17, 15) is 4.79 Å². The van der Waals surface area contributed by atoms with Gasteiger partial charge in [-0.15, -0.1) is 0 Å². The predicted octanol–water partition coefficient (Wildman–Crippen LogP) is 4.51. The summed E-state index contributed by atoms with van der Waals surface area (Å²) in [6.07, 6.45) is 6.09. The smallest absolute Gasteiger partial charge is 0.224 e. The van der Waals surface area contributed by atoms with Crippen molar-refractivity contribution in [3.63, 3.8) is 0 Å². The third-order valence-electron chi connectivity index (χ3n) is 6.68. The third kappa shape index (κ3) is 6.65. The van der Waals surface area contributed by atoms with Gasteiger partial charge in [-0.05, 0) is 68.9 Å². The molecule has 4 heteroatoms. The van der Waals surface area contributed by atoms with Crippen LogP contribution >= 0.6 is 0 Å². The van der Waals surface area contributed by atoms with E-state index in [1.165, 1.54) is 54.6 Å². The molecule has 1 atom stereocenters. The first-order chi connectivity index (χ1) is 15.2. The minimum atomic E-state index is 0.0927.